The van der Waals surface area contributed by atoms with E-state index < -0.39 is 17.4 Å². The lowest BCUT2D eigenvalue weighted by Gasteiger charge is -2.26. The van der Waals surface area contributed by atoms with Crippen molar-refractivity contribution >= 4 is 11.8 Å². The molecule has 1 atom stereocenters. The third-order valence-electron chi connectivity index (χ3n) is 2.78. The lowest BCUT2D eigenvalue weighted by Crippen LogP contribution is -2.53. The minimum atomic E-state index is -0.787. The highest BCUT2D eigenvalue weighted by Crippen LogP contribution is 2.30. The van der Waals surface area contributed by atoms with Crippen LogP contribution in [-0.2, 0) is 9.59 Å². The molecule has 1 aromatic carbocycles. The molecule has 0 spiro atoms. The molecule has 2 rings (SSSR count). The average molecular weight is 278 g/mol. The van der Waals surface area contributed by atoms with Crippen LogP contribution in [-0.4, -0.2) is 24.5 Å². The summed E-state index contributed by atoms with van der Waals surface area (Å²) in [6, 6.07) is 7.11. The number of hydrazine groups is 1. The molecule has 0 radical (unpaired) electrons. The summed E-state index contributed by atoms with van der Waals surface area (Å²) < 4.78 is 11.0. The van der Waals surface area contributed by atoms with E-state index in [9.17, 15) is 9.59 Å². The fourth-order valence-electron chi connectivity index (χ4n) is 1.54. The summed E-state index contributed by atoms with van der Waals surface area (Å²) in [5, 5.41) is 0. The maximum absolute atomic E-state index is 11.9. The number of fused-ring (bicyclic) bond motifs is 1. The molecular formula is C14H18N2O4. The van der Waals surface area contributed by atoms with E-state index in [0.717, 1.165) is 0 Å². The fraction of sp³-hybridized carbons (Fsp3) is 0.429. The van der Waals surface area contributed by atoms with Crippen molar-refractivity contribution in [2.24, 2.45) is 5.41 Å². The Morgan fingerprint density at radius 3 is 2.45 bits per heavy atom. The van der Waals surface area contributed by atoms with Crippen molar-refractivity contribution < 1.29 is 19.1 Å². The summed E-state index contributed by atoms with van der Waals surface area (Å²) in [7, 11) is 0. The number of benzene rings is 1. The zero-order chi connectivity index (χ0) is 14.8. The summed E-state index contributed by atoms with van der Waals surface area (Å²) in [6.45, 7) is 5.37. The zero-order valence-electron chi connectivity index (χ0n) is 11.7. The van der Waals surface area contributed by atoms with Crippen molar-refractivity contribution in [2.45, 2.75) is 26.9 Å². The molecule has 0 aliphatic carbocycles. The van der Waals surface area contributed by atoms with Crippen LogP contribution >= 0.6 is 0 Å². The third kappa shape index (κ3) is 3.20. The average Bonchev–Trinajstić information content (AvgIpc) is 2.42. The Bertz CT molecular complexity index is 522. The highest BCUT2D eigenvalue weighted by Gasteiger charge is 2.28. The van der Waals surface area contributed by atoms with Crippen molar-refractivity contribution in [2.75, 3.05) is 6.61 Å². The van der Waals surface area contributed by atoms with E-state index in [-0.39, 0.29) is 12.5 Å². The van der Waals surface area contributed by atoms with Crippen molar-refractivity contribution in [3.8, 4) is 11.5 Å². The summed E-state index contributed by atoms with van der Waals surface area (Å²) >= 11 is 0. The molecule has 1 aliphatic heterocycles. The first-order valence-corrected chi connectivity index (χ1v) is 6.37. The molecule has 6 nitrogen and oxygen atoms in total. The van der Waals surface area contributed by atoms with Gasteiger partial charge in [-0.15, -0.1) is 0 Å². The number of carbonyl (C=O) groups is 2. The van der Waals surface area contributed by atoms with Gasteiger partial charge in [0.1, 0.15) is 6.61 Å². The molecule has 0 saturated heterocycles. The summed E-state index contributed by atoms with van der Waals surface area (Å²) in [6.07, 6.45) is -0.787. The van der Waals surface area contributed by atoms with Gasteiger partial charge in [-0.05, 0) is 12.1 Å². The summed E-state index contributed by atoms with van der Waals surface area (Å²) in [5.41, 5.74) is 4.14. The second-order valence-electron chi connectivity index (χ2n) is 5.56. The quantitative estimate of drug-likeness (QED) is 0.752. The molecule has 1 aliphatic rings. The molecule has 2 N–H and O–H groups in total. The highest BCUT2D eigenvalue weighted by molar-refractivity contribution is 5.87. The monoisotopic (exact) mass is 278 g/mol. The minimum Gasteiger partial charge on any atom is -0.485 e. The van der Waals surface area contributed by atoms with Gasteiger partial charge in [-0.2, -0.15) is 0 Å². The van der Waals surface area contributed by atoms with Crippen molar-refractivity contribution in [3.05, 3.63) is 24.3 Å². The number of nitrogens with one attached hydrogen (secondary N) is 2. The van der Waals surface area contributed by atoms with Crippen LogP contribution in [0.1, 0.15) is 20.8 Å². The van der Waals surface area contributed by atoms with Crippen molar-refractivity contribution in [3.63, 3.8) is 0 Å². The molecule has 1 aromatic rings. The van der Waals surface area contributed by atoms with Crippen LogP contribution in [0.3, 0.4) is 0 Å². The van der Waals surface area contributed by atoms with Crippen molar-refractivity contribution in [1.29, 1.82) is 0 Å². The summed E-state index contributed by atoms with van der Waals surface area (Å²) in [4.78, 5) is 23.6. The Balaban J connectivity index is 1.91. The van der Waals surface area contributed by atoms with Gasteiger partial charge in [0.05, 0.1) is 0 Å². The van der Waals surface area contributed by atoms with Crippen LogP contribution in [0.2, 0.25) is 0 Å². The molecule has 20 heavy (non-hydrogen) atoms. The SMILES string of the molecule is CC(C)(C)C(=O)NNC(=O)[C@@H]1COc2ccccc2O1. The van der Waals surface area contributed by atoms with Gasteiger partial charge in [0, 0.05) is 5.41 Å². The number of para-hydroxylation sites is 2. The van der Waals surface area contributed by atoms with E-state index in [1.807, 2.05) is 6.07 Å². The number of hydrogen-bond donors (Lipinski definition) is 2. The van der Waals surface area contributed by atoms with Crippen molar-refractivity contribution in [1.82, 2.24) is 10.9 Å². The van der Waals surface area contributed by atoms with Gasteiger partial charge in [-0.1, -0.05) is 32.9 Å². The van der Waals surface area contributed by atoms with E-state index in [0.29, 0.717) is 11.5 Å². The van der Waals surface area contributed by atoms with E-state index >= 15 is 0 Å². The van der Waals surface area contributed by atoms with Crippen LogP contribution in [0.5, 0.6) is 11.5 Å². The minimum absolute atomic E-state index is 0.105. The number of amides is 2. The first-order valence-electron chi connectivity index (χ1n) is 6.37. The fourth-order valence-corrected chi connectivity index (χ4v) is 1.54. The maximum atomic E-state index is 11.9. The predicted octanol–water partition coefficient (Wildman–Crippen LogP) is 1.02. The van der Waals surface area contributed by atoms with Gasteiger partial charge in [0.15, 0.2) is 11.5 Å². The van der Waals surface area contributed by atoms with Crippen LogP contribution in [0, 0.1) is 5.41 Å². The van der Waals surface area contributed by atoms with Gasteiger partial charge in [-0.3, -0.25) is 20.4 Å². The molecule has 2 amide bonds. The second-order valence-corrected chi connectivity index (χ2v) is 5.56. The Kier molecular flexibility index (Phi) is 3.83. The first kappa shape index (κ1) is 14.2. The Labute approximate surface area is 117 Å². The zero-order valence-corrected chi connectivity index (χ0v) is 11.7. The van der Waals surface area contributed by atoms with Crippen LogP contribution in [0.4, 0.5) is 0 Å². The van der Waals surface area contributed by atoms with Gasteiger partial charge >= 0.3 is 0 Å². The number of carbonyl (C=O) groups excluding carboxylic acids is 2. The van der Waals surface area contributed by atoms with E-state index in [1.54, 1.807) is 39.0 Å². The molecule has 108 valence electrons. The lowest BCUT2D eigenvalue weighted by molar-refractivity contribution is -0.137. The molecule has 1 heterocycles. The molecule has 0 saturated carbocycles. The van der Waals surface area contributed by atoms with Crippen LogP contribution in [0.25, 0.3) is 0 Å². The second kappa shape index (κ2) is 5.40. The predicted molar refractivity (Wildman–Crippen MR) is 72.1 cm³/mol. The topological polar surface area (TPSA) is 76.7 Å². The Morgan fingerprint density at radius 1 is 1.15 bits per heavy atom. The summed E-state index contributed by atoms with van der Waals surface area (Å²) in [5.74, 6) is 0.399. The molecule has 0 aromatic heterocycles. The molecule has 0 bridgehead atoms. The lowest BCUT2D eigenvalue weighted by atomic mass is 9.96. The van der Waals surface area contributed by atoms with E-state index in [2.05, 4.69) is 10.9 Å². The highest BCUT2D eigenvalue weighted by atomic mass is 16.6. The first-order chi connectivity index (χ1) is 9.38. The smallest absolute Gasteiger partial charge is 0.283 e. The Morgan fingerprint density at radius 2 is 1.80 bits per heavy atom. The van der Waals surface area contributed by atoms with E-state index in [1.165, 1.54) is 0 Å². The third-order valence-corrected chi connectivity index (χ3v) is 2.78. The number of hydrogen-bond acceptors (Lipinski definition) is 4. The molecule has 0 fully saturated rings. The van der Waals surface area contributed by atoms with Crippen LogP contribution < -0.4 is 20.3 Å². The van der Waals surface area contributed by atoms with Gasteiger partial charge in [0.25, 0.3) is 5.91 Å². The van der Waals surface area contributed by atoms with E-state index in [4.69, 9.17) is 9.47 Å². The number of rotatable bonds is 1. The van der Waals surface area contributed by atoms with Gasteiger partial charge < -0.3 is 9.47 Å². The normalized spacial score (nSPS) is 17.2. The Hall–Kier alpha value is -2.24. The number of ether oxygens (including phenoxy) is 2. The molecule has 6 heteroatoms. The largest absolute Gasteiger partial charge is 0.485 e. The maximum Gasteiger partial charge on any atom is 0.283 e. The standard InChI is InChI=1S/C14H18N2O4/c1-14(2,3)13(18)16-15-12(17)11-8-19-9-6-4-5-7-10(9)20-11/h4-7,11H,8H2,1-3H3,(H,15,17)(H,16,18)/t11-/m0/s1. The van der Waals surface area contributed by atoms with Crippen LogP contribution in [0.15, 0.2) is 24.3 Å². The molecule has 0 unspecified atom stereocenters. The molecular weight excluding hydrogens is 260 g/mol. The van der Waals surface area contributed by atoms with Gasteiger partial charge in [-0.25, -0.2) is 0 Å². The van der Waals surface area contributed by atoms with Gasteiger partial charge in [0.2, 0.25) is 12.0 Å².